The molecule has 15 heavy (non-hydrogen) atoms. The molecule has 1 fully saturated rings. The fourth-order valence-corrected chi connectivity index (χ4v) is 2.09. The second-order valence-corrected chi connectivity index (χ2v) is 4.08. The SMILES string of the molecule is CCC1CC([B]c2ccccc2)C1.O.O. The van der Waals surface area contributed by atoms with Gasteiger partial charge in [0.15, 0.2) is 7.28 Å². The van der Waals surface area contributed by atoms with Crippen LogP contribution in [0.15, 0.2) is 30.3 Å². The molecule has 0 aliphatic heterocycles. The van der Waals surface area contributed by atoms with E-state index in [2.05, 4.69) is 44.5 Å². The summed E-state index contributed by atoms with van der Waals surface area (Å²) in [5.74, 6) is 1.86. The van der Waals surface area contributed by atoms with E-state index in [9.17, 15) is 0 Å². The molecule has 0 spiro atoms. The maximum atomic E-state index is 2.42. The van der Waals surface area contributed by atoms with Gasteiger partial charge >= 0.3 is 0 Å². The highest BCUT2D eigenvalue weighted by Gasteiger charge is 2.27. The molecule has 0 saturated heterocycles. The lowest BCUT2D eigenvalue weighted by molar-refractivity contribution is 0.306. The minimum absolute atomic E-state index is 0. The lowest BCUT2D eigenvalue weighted by Gasteiger charge is -2.34. The first-order chi connectivity index (χ1) is 6.38. The zero-order valence-electron chi connectivity index (χ0n) is 9.24. The van der Waals surface area contributed by atoms with Crippen molar-refractivity contribution in [1.29, 1.82) is 0 Å². The minimum atomic E-state index is 0. The van der Waals surface area contributed by atoms with E-state index < -0.39 is 0 Å². The molecule has 2 rings (SSSR count). The summed E-state index contributed by atoms with van der Waals surface area (Å²) in [6.07, 6.45) is 4.18. The molecule has 83 valence electrons. The van der Waals surface area contributed by atoms with E-state index in [0.717, 1.165) is 11.7 Å². The number of rotatable bonds is 3. The van der Waals surface area contributed by atoms with Crippen LogP contribution in [0.3, 0.4) is 0 Å². The largest absolute Gasteiger partial charge is 0.412 e. The smallest absolute Gasteiger partial charge is 0.155 e. The molecule has 1 aromatic carbocycles. The third kappa shape index (κ3) is 3.69. The van der Waals surface area contributed by atoms with Gasteiger partial charge in [-0.3, -0.25) is 0 Å². The summed E-state index contributed by atoms with van der Waals surface area (Å²) >= 11 is 0. The van der Waals surface area contributed by atoms with E-state index in [1.54, 1.807) is 0 Å². The maximum Gasteiger partial charge on any atom is 0.155 e. The Balaban J connectivity index is 0.000000980. The van der Waals surface area contributed by atoms with Crippen LogP contribution in [0, 0.1) is 5.92 Å². The molecule has 0 heterocycles. The molecule has 1 saturated carbocycles. The minimum Gasteiger partial charge on any atom is -0.412 e. The summed E-state index contributed by atoms with van der Waals surface area (Å²) < 4.78 is 0. The van der Waals surface area contributed by atoms with E-state index >= 15 is 0 Å². The number of hydrogen-bond donors (Lipinski definition) is 0. The van der Waals surface area contributed by atoms with Crippen molar-refractivity contribution < 1.29 is 11.0 Å². The summed E-state index contributed by atoms with van der Waals surface area (Å²) in [7, 11) is 2.42. The van der Waals surface area contributed by atoms with E-state index in [4.69, 9.17) is 0 Å². The van der Waals surface area contributed by atoms with Gasteiger partial charge < -0.3 is 11.0 Å². The van der Waals surface area contributed by atoms with E-state index in [1.807, 2.05) is 0 Å². The molecule has 0 bridgehead atoms. The van der Waals surface area contributed by atoms with Crippen LogP contribution in [0.4, 0.5) is 0 Å². The quantitative estimate of drug-likeness (QED) is 0.663. The average molecular weight is 207 g/mol. The Labute approximate surface area is 92.6 Å². The Hall–Kier alpha value is -0.795. The van der Waals surface area contributed by atoms with Gasteiger partial charge in [0.05, 0.1) is 0 Å². The van der Waals surface area contributed by atoms with Crippen molar-refractivity contribution in [1.82, 2.24) is 0 Å². The predicted octanol–water partition coefficient (Wildman–Crippen LogP) is 0.975. The maximum absolute atomic E-state index is 2.42. The van der Waals surface area contributed by atoms with E-state index in [0.29, 0.717) is 0 Å². The van der Waals surface area contributed by atoms with Gasteiger partial charge in [0.25, 0.3) is 0 Å². The van der Waals surface area contributed by atoms with E-state index in [1.165, 1.54) is 24.7 Å². The molecule has 0 aromatic heterocycles. The highest BCUT2D eigenvalue weighted by atomic mass is 16.0. The standard InChI is InChI=1S/C12H16B.2H2O/c1-2-10-8-12(9-10)13-11-6-4-3-5-7-11;;/h3-7,10,12H,2,8-9H2,1H3;2*1H2. The van der Waals surface area contributed by atoms with Crippen molar-refractivity contribution >= 4 is 12.7 Å². The van der Waals surface area contributed by atoms with Gasteiger partial charge in [0.1, 0.15) is 0 Å². The first-order valence-electron chi connectivity index (χ1n) is 5.28. The summed E-state index contributed by atoms with van der Waals surface area (Å²) in [5, 5.41) is 0. The Kier molecular flexibility index (Phi) is 6.29. The molecular formula is C12H20BO2. The highest BCUT2D eigenvalue weighted by Crippen LogP contribution is 2.39. The first kappa shape index (κ1) is 14.2. The summed E-state index contributed by atoms with van der Waals surface area (Å²) in [6.45, 7) is 2.30. The molecule has 1 aliphatic carbocycles. The van der Waals surface area contributed by atoms with Crippen LogP contribution in [-0.2, 0) is 0 Å². The molecule has 1 aliphatic rings. The fraction of sp³-hybridized carbons (Fsp3) is 0.500. The van der Waals surface area contributed by atoms with Crippen molar-refractivity contribution in [2.24, 2.45) is 5.92 Å². The van der Waals surface area contributed by atoms with Gasteiger partial charge in [-0.1, -0.05) is 67.8 Å². The molecule has 0 amide bonds. The van der Waals surface area contributed by atoms with Crippen molar-refractivity contribution in [3.05, 3.63) is 30.3 Å². The predicted molar refractivity (Wildman–Crippen MR) is 65.8 cm³/mol. The molecule has 1 radical (unpaired) electrons. The van der Waals surface area contributed by atoms with Crippen LogP contribution in [-0.4, -0.2) is 18.2 Å². The monoisotopic (exact) mass is 207 g/mol. The normalized spacial score (nSPS) is 23.0. The van der Waals surface area contributed by atoms with Gasteiger partial charge in [-0.2, -0.15) is 0 Å². The van der Waals surface area contributed by atoms with Crippen molar-refractivity contribution in [3.8, 4) is 0 Å². The third-order valence-corrected chi connectivity index (χ3v) is 3.08. The van der Waals surface area contributed by atoms with Crippen molar-refractivity contribution in [3.63, 3.8) is 0 Å². The molecule has 0 unspecified atom stereocenters. The van der Waals surface area contributed by atoms with E-state index in [-0.39, 0.29) is 11.0 Å². The van der Waals surface area contributed by atoms with Crippen LogP contribution >= 0.6 is 0 Å². The van der Waals surface area contributed by atoms with Gasteiger partial charge in [-0.25, -0.2) is 0 Å². The lowest BCUT2D eigenvalue weighted by atomic mass is 9.49. The van der Waals surface area contributed by atoms with Crippen molar-refractivity contribution in [2.45, 2.75) is 32.0 Å². The van der Waals surface area contributed by atoms with Gasteiger partial charge in [0, 0.05) is 0 Å². The molecule has 1 aromatic rings. The van der Waals surface area contributed by atoms with Gasteiger partial charge in [0.2, 0.25) is 0 Å². The molecule has 0 atom stereocenters. The summed E-state index contributed by atoms with van der Waals surface area (Å²) in [4.78, 5) is 0. The highest BCUT2D eigenvalue weighted by molar-refractivity contribution is 6.55. The van der Waals surface area contributed by atoms with Crippen LogP contribution < -0.4 is 5.46 Å². The second kappa shape index (κ2) is 6.65. The molecule has 2 nitrogen and oxygen atoms in total. The Morgan fingerprint density at radius 3 is 2.27 bits per heavy atom. The zero-order chi connectivity index (χ0) is 9.10. The topological polar surface area (TPSA) is 63.0 Å². The summed E-state index contributed by atoms with van der Waals surface area (Å²) in [6, 6.07) is 10.7. The Morgan fingerprint density at radius 1 is 1.13 bits per heavy atom. The molecule has 4 N–H and O–H groups in total. The first-order valence-corrected chi connectivity index (χ1v) is 5.28. The van der Waals surface area contributed by atoms with Gasteiger partial charge in [-0.05, 0) is 5.92 Å². The summed E-state index contributed by atoms with van der Waals surface area (Å²) in [5.41, 5.74) is 1.39. The lowest BCUT2D eigenvalue weighted by Crippen LogP contribution is -2.29. The third-order valence-electron chi connectivity index (χ3n) is 3.08. The zero-order valence-corrected chi connectivity index (χ0v) is 9.24. The average Bonchev–Trinajstić information content (AvgIpc) is 2.12. The van der Waals surface area contributed by atoms with Crippen molar-refractivity contribution in [2.75, 3.05) is 0 Å². The Bertz CT molecular complexity index is 258. The second-order valence-electron chi connectivity index (χ2n) is 4.08. The number of hydrogen-bond acceptors (Lipinski definition) is 0. The van der Waals surface area contributed by atoms with Crippen LogP contribution in [0.25, 0.3) is 0 Å². The number of benzene rings is 1. The van der Waals surface area contributed by atoms with Crippen LogP contribution in [0.2, 0.25) is 5.82 Å². The Morgan fingerprint density at radius 2 is 1.73 bits per heavy atom. The molecular weight excluding hydrogens is 187 g/mol. The molecule has 3 heteroatoms. The fourth-order valence-electron chi connectivity index (χ4n) is 2.09. The van der Waals surface area contributed by atoms with Gasteiger partial charge in [-0.15, -0.1) is 0 Å². The van der Waals surface area contributed by atoms with Crippen LogP contribution in [0.1, 0.15) is 26.2 Å². The van der Waals surface area contributed by atoms with Crippen LogP contribution in [0.5, 0.6) is 0 Å².